The van der Waals surface area contributed by atoms with Crippen LogP contribution in [0.2, 0.25) is 0 Å². The Balaban J connectivity index is 0.00000683. The Hall–Kier alpha value is -4.28. The van der Waals surface area contributed by atoms with E-state index in [1.54, 1.807) is 0 Å². The molecule has 1 fully saturated rings. The smallest absolute Gasteiger partial charge is 0.664 e. The Kier molecular flexibility index (Phi) is 15.6. The number of esters is 2. The van der Waals surface area contributed by atoms with E-state index in [0.717, 1.165) is 81.1 Å². The number of aromatic nitrogens is 3. The second-order valence-electron chi connectivity index (χ2n) is 17.4. The van der Waals surface area contributed by atoms with Gasteiger partial charge in [-0.25, -0.2) is 0 Å². The number of ether oxygens (including phenoxy) is 2. The third-order valence-electron chi connectivity index (χ3n) is 12.8. The second kappa shape index (κ2) is 20.1. The van der Waals surface area contributed by atoms with Crippen molar-refractivity contribution in [3.63, 3.8) is 0 Å². The molecule has 10 heteroatoms. The van der Waals surface area contributed by atoms with Crippen molar-refractivity contribution in [3.8, 4) is 0 Å². The number of carbonyl (C=O) groups excluding carboxylic acids is 3. The van der Waals surface area contributed by atoms with E-state index >= 15 is 0 Å². The molecule has 0 aromatic carbocycles. The minimum absolute atomic E-state index is 0. The number of allylic oxidation sites excluding steroid dienone is 3. The van der Waals surface area contributed by atoms with Crippen LogP contribution in [0.25, 0.3) is 35.2 Å². The van der Waals surface area contributed by atoms with Crippen LogP contribution >= 0.6 is 0 Å². The molecule has 0 spiro atoms. The van der Waals surface area contributed by atoms with Gasteiger partial charge in [0.1, 0.15) is 12.5 Å². The first-order valence-corrected chi connectivity index (χ1v) is 21.6. The first-order chi connectivity index (χ1) is 28.2. The zero-order chi connectivity index (χ0) is 42.7. The monoisotopic (exact) mass is 822 g/mol. The summed E-state index contributed by atoms with van der Waals surface area (Å²) in [6.45, 7) is 23.5. The van der Waals surface area contributed by atoms with Crippen LogP contribution in [0.5, 0.6) is 0 Å². The minimum Gasteiger partial charge on any atom is -0.664 e. The first-order valence-electron chi connectivity index (χ1n) is 21.6. The van der Waals surface area contributed by atoms with E-state index in [2.05, 4.69) is 55.0 Å². The third-order valence-corrected chi connectivity index (χ3v) is 12.8. The summed E-state index contributed by atoms with van der Waals surface area (Å²) in [5, 5.41) is 6.82. The average Bonchev–Trinajstić information content (AvgIpc) is 3.94. The van der Waals surface area contributed by atoms with E-state index in [9.17, 15) is 14.4 Å². The molecule has 0 N–H and O–H groups in total. The molecule has 1 saturated heterocycles. The van der Waals surface area contributed by atoms with Gasteiger partial charge in [0.25, 0.3) is 0 Å². The molecule has 1 aliphatic carbocycles. The van der Waals surface area contributed by atoms with Gasteiger partial charge in [0, 0.05) is 12.0 Å². The van der Waals surface area contributed by atoms with E-state index < -0.39 is 11.9 Å². The van der Waals surface area contributed by atoms with Crippen LogP contribution in [0.15, 0.2) is 29.6 Å². The Bertz CT molecular complexity index is 2350. The predicted molar refractivity (Wildman–Crippen MR) is 242 cm³/mol. The van der Waals surface area contributed by atoms with Gasteiger partial charge in [-0.2, -0.15) is 11.4 Å². The molecule has 3 aromatic rings. The van der Waals surface area contributed by atoms with Gasteiger partial charge in [0.05, 0.1) is 7.11 Å². The summed E-state index contributed by atoms with van der Waals surface area (Å²) >= 11 is 0. The second-order valence-corrected chi connectivity index (χ2v) is 17.4. The number of nitrogens with zero attached hydrogens (tertiary/aromatic N) is 4. The number of methoxy groups -OCH3 is 1. The number of fused-ring (bicyclic) bond motifs is 7. The maximum atomic E-state index is 14.3. The fourth-order valence-electron chi connectivity index (χ4n) is 9.12. The van der Waals surface area contributed by atoms with Crippen molar-refractivity contribution in [1.82, 2.24) is 15.0 Å². The van der Waals surface area contributed by atoms with Gasteiger partial charge in [-0.05, 0) is 88.7 Å². The summed E-state index contributed by atoms with van der Waals surface area (Å²) < 4.78 is 11.0. The predicted octanol–water partition coefficient (Wildman–Crippen LogP) is 8.56. The number of carbonyl (C=O) groups is 3. The zero-order valence-electron chi connectivity index (χ0n) is 37.6. The molecule has 6 rings (SSSR count). The maximum absolute atomic E-state index is 14.3. The third kappa shape index (κ3) is 9.60. The SMILES string of the molecule is C=Cc1c2[n-]c(c1C)/C=C1\[N-]/C(=C3\c4[n-]c(c(C)c4C(=O)[C@@H]3C(=O)OC)/C=c3\[n-]/c(c(C)c3CC)=C\2)[C@@H](CCC(=O)OC/C=C(\C)CCC[C@@H](C)CCCC(C)C)[C@@H]1C.[Mg+2]. The summed E-state index contributed by atoms with van der Waals surface area (Å²) in [5.41, 5.74) is 10.7. The van der Waals surface area contributed by atoms with E-state index in [1.807, 2.05) is 44.2 Å². The minimum atomic E-state index is -1.22. The molecular formula is C50H62MgN4O5-2. The molecule has 3 aromatic heterocycles. The van der Waals surface area contributed by atoms with Gasteiger partial charge in [0.15, 0.2) is 5.78 Å². The molecular weight excluding hydrogens is 761 g/mol. The number of rotatable bonds is 16. The van der Waals surface area contributed by atoms with Crippen LogP contribution in [-0.2, 0) is 25.5 Å². The molecule has 60 heavy (non-hydrogen) atoms. The van der Waals surface area contributed by atoms with Crippen LogP contribution in [0.3, 0.4) is 0 Å². The molecule has 0 amide bonds. The quantitative estimate of drug-likeness (QED) is 0.0609. The van der Waals surface area contributed by atoms with Crippen molar-refractivity contribution in [2.24, 2.45) is 29.6 Å². The number of ketones is 1. The average molecular weight is 823 g/mol. The van der Waals surface area contributed by atoms with Crippen molar-refractivity contribution in [2.45, 2.75) is 120 Å². The Morgan fingerprint density at radius 1 is 0.900 bits per heavy atom. The summed E-state index contributed by atoms with van der Waals surface area (Å²) in [6, 6.07) is 0. The van der Waals surface area contributed by atoms with Crippen LogP contribution in [0.4, 0.5) is 0 Å². The molecule has 0 saturated carbocycles. The summed E-state index contributed by atoms with van der Waals surface area (Å²) in [5.74, 6) is -1.56. The van der Waals surface area contributed by atoms with E-state index in [1.165, 1.54) is 38.4 Å². The van der Waals surface area contributed by atoms with Gasteiger partial charge in [-0.15, -0.1) is 33.5 Å². The van der Waals surface area contributed by atoms with Gasteiger partial charge >= 0.3 is 35.0 Å². The van der Waals surface area contributed by atoms with Crippen LogP contribution in [0.1, 0.15) is 154 Å². The van der Waals surface area contributed by atoms with Crippen LogP contribution in [0, 0.1) is 50.4 Å². The first kappa shape index (κ1) is 46.8. The van der Waals surface area contributed by atoms with Crippen molar-refractivity contribution in [2.75, 3.05) is 13.7 Å². The molecule has 0 radical (unpaired) electrons. The van der Waals surface area contributed by atoms with Crippen molar-refractivity contribution in [3.05, 3.63) is 102 Å². The standard InChI is InChI=1S/C50H63N4O5.Mg/c1-12-34-30(7)37-24-39-32(9)36(20-21-43(55)59-23-22-29(6)19-15-18-28(5)17-14-16-27(3)4)47(53-39)45-46(50(57)58-11)49(56)44-33(10)40(54-48(44)45)26-42-35(13-2)31(8)38(52-42)25-41(34)51-37;/h12,22,24-28,32,36,46H,1,13-21,23H2,2-11H3,(H-,53,54,56);/q-3;+2/p-1/b29-22+,38-25-,39-24-,42-26-;/t28-,32-,36-,46+;/m0./s1. The zero-order valence-corrected chi connectivity index (χ0v) is 39.0. The Morgan fingerprint density at radius 2 is 1.60 bits per heavy atom. The molecule has 0 unspecified atom stereocenters. The molecule has 2 aliphatic heterocycles. The van der Waals surface area contributed by atoms with Gasteiger partial charge in [-0.1, -0.05) is 125 Å². The Labute approximate surface area is 372 Å². The molecule has 4 atom stereocenters. The molecule has 3 aliphatic rings. The fourth-order valence-corrected chi connectivity index (χ4v) is 9.12. The van der Waals surface area contributed by atoms with Gasteiger partial charge in [-0.3, -0.25) is 14.4 Å². The van der Waals surface area contributed by atoms with Gasteiger partial charge < -0.3 is 29.7 Å². The topological polar surface area (TPSA) is 126 Å². The van der Waals surface area contributed by atoms with Crippen LogP contribution < -0.4 is 25.7 Å². The van der Waals surface area contributed by atoms with Gasteiger partial charge in [0.2, 0.25) is 0 Å². The molecule has 9 nitrogen and oxygen atoms in total. The molecule has 316 valence electrons. The van der Waals surface area contributed by atoms with Crippen molar-refractivity contribution >= 4 is 70.7 Å². The number of hydrogen-bond donors (Lipinski definition) is 0. The van der Waals surface area contributed by atoms with E-state index in [0.29, 0.717) is 40.2 Å². The summed E-state index contributed by atoms with van der Waals surface area (Å²) in [7, 11) is 1.29. The summed E-state index contributed by atoms with van der Waals surface area (Å²) in [4.78, 5) is 56.4. The summed E-state index contributed by atoms with van der Waals surface area (Å²) in [6.07, 6.45) is 18.2. The fraction of sp³-hybridized carbons (Fsp3) is 0.500. The molecule has 8 bridgehead atoms. The molecule has 5 heterocycles. The maximum Gasteiger partial charge on any atom is 2.00 e. The van der Waals surface area contributed by atoms with E-state index in [-0.39, 0.29) is 59.7 Å². The number of Topliss-reactive ketones (excluding diaryl/α,β-unsaturated/α-hetero) is 1. The number of hydrogen-bond acceptors (Lipinski definition) is 5. The van der Waals surface area contributed by atoms with E-state index in [4.69, 9.17) is 29.7 Å². The van der Waals surface area contributed by atoms with Crippen LogP contribution in [-0.4, -0.2) is 54.5 Å². The normalized spacial score (nSPS) is 21.9. The van der Waals surface area contributed by atoms with Crippen molar-refractivity contribution in [1.29, 1.82) is 0 Å². The largest absolute Gasteiger partial charge is 2.00 e. The Morgan fingerprint density at radius 3 is 2.28 bits per heavy atom. The van der Waals surface area contributed by atoms with Crippen molar-refractivity contribution < 1.29 is 23.9 Å².